The summed E-state index contributed by atoms with van der Waals surface area (Å²) in [6, 6.07) is 0.338. The van der Waals surface area contributed by atoms with Crippen LogP contribution in [0.3, 0.4) is 0 Å². The Morgan fingerprint density at radius 2 is 2.00 bits per heavy atom. The summed E-state index contributed by atoms with van der Waals surface area (Å²) in [5.41, 5.74) is 3.21. The Morgan fingerprint density at radius 3 is 2.62 bits per heavy atom. The van der Waals surface area contributed by atoms with Crippen molar-refractivity contribution in [2.45, 2.75) is 53.5 Å². The van der Waals surface area contributed by atoms with Crippen molar-refractivity contribution in [3.63, 3.8) is 0 Å². The minimum atomic E-state index is 0.338. The summed E-state index contributed by atoms with van der Waals surface area (Å²) in [5.74, 6) is 1.69. The molecule has 5 heteroatoms. The lowest BCUT2D eigenvalue weighted by molar-refractivity contribution is 0.603. The van der Waals surface area contributed by atoms with E-state index in [2.05, 4.69) is 49.5 Å². The van der Waals surface area contributed by atoms with E-state index < -0.39 is 0 Å². The van der Waals surface area contributed by atoms with Gasteiger partial charge in [0.15, 0.2) is 5.82 Å². The van der Waals surface area contributed by atoms with Crippen molar-refractivity contribution in [3.8, 4) is 11.5 Å². The van der Waals surface area contributed by atoms with Gasteiger partial charge in [0, 0.05) is 23.8 Å². The predicted octanol–water partition coefficient (Wildman–Crippen LogP) is 3.61. The van der Waals surface area contributed by atoms with E-state index >= 15 is 0 Å². The summed E-state index contributed by atoms with van der Waals surface area (Å²) in [4.78, 5) is 13.7. The number of anilines is 1. The molecule has 2 heterocycles. The van der Waals surface area contributed by atoms with Crippen LogP contribution in [0.2, 0.25) is 0 Å². The van der Waals surface area contributed by atoms with Gasteiger partial charge in [0.2, 0.25) is 0 Å². The van der Waals surface area contributed by atoms with E-state index in [-0.39, 0.29) is 0 Å². The molecule has 0 unspecified atom stereocenters. The second-order valence-corrected chi connectivity index (χ2v) is 5.53. The number of aryl methyl sites for hydroxylation is 1. The van der Waals surface area contributed by atoms with Gasteiger partial charge >= 0.3 is 0 Å². The van der Waals surface area contributed by atoms with Crippen LogP contribution < -0.4 is 5.32 Å². The zero-order valence-corrected chi connectivity index (χ0v) is 13.6. The molecule has 0 bridgehead atoms. The van der Waals surface area contributed by atoms with Crippen LogP contribution in [0, 0.1) is 6.92 Å². The number of hydrogen-bond donors (Lipinski definition) is 1. The Bertz CT molecular complexity index is 601. The molecule has 0 saturated carbocycles. The number of imidazole rings is 1. The SMILES string of the molecule is CCCNc1nc(-c2cncn2C(C)C)nc(CC)c1C. The highest BCUT2D eigenvalue weighted by molar-refractivity contribution is 5.56. The normalized spacial score (nSPS) is 11.1. The number of rotatable bonds is 6. The van der Waals surface area contributed by atoms with Gasteiger partial charge in [-0.3, -0.25) is 0 Å². The van der Waals surface area contributed by atoms with Gasteiger partial charge in [0.05, 0.1) is 12.5 Å². The van der Waals surface area contributed by atoms with Crippen LogP contribution >= 0.6 is 0 Å². The third kappa shape index (κ3) is 3.23. The van der Waals surface area contributed by atoms with Crippen LogP contribution in [0.1, 0.15) is 51.4 Å². The molecule has 0 atom stereocenters. The Morgan fingerprint density at radius 1 is 1.24 bits per heavy atom. The Hall–Kier alpha value is -1.91. The van der Waals surface area contributed by atoms with Gasteiger partial charge < -0.3 is 9.88 Å². The number of nitrogens with zero attached hydrogens (tertiary/aromatic N) is 4. The van der Waals surface area contributed by atoms with Gasteiger partial charge in [-0.1, -0.05) is 13.8 Å². The molecule has 0 aromatic carbocycles. The molecule has 5 nitrogen and oxygen atoms in total. The van der Waals surface area contributed by atoms with Crippen LogP contribution in [0.25, 0.3) is 11.5 Å². The first kappa shape index (κ1) is 15.5. The maximum atomic E-state index is 4.73. The van der Waals surface area contributed by atoms with Crippen molar-refractivity contribution < 1.29 is 0 Å². The molecule has 0 radical (unpaired) electrons. The first-order valence-corrected chi connectivity index (χ1v) is 7.72. The lowest BCUT2D eigenvalue weighted by Crippen LogP contribution is -2.10. The van der Waals surface area contributed by atoms with Gasteiger partial charge in [-0.25, -0.2) is 15.0 Å². The quantitative estimate of drug-likeness (QED) is 0.881. The van der Waals surface area contributed by atoms with Gasteiger partial charge in [0.25, 0.3) is 0 Å². The predicted molar refractivity (Wildman–Crippen MR) is 86.5 cm³/mol. The van der Waals surface area contributed by atoms with Crippen LogP contribution in [-0.2, 0) is 6.42 Å². The summed E-state index contributed by atoms with van der Waals surface area (Å²) in [6.07, 6.45) is 5.66. The highest BCUT2D eigenvalue weighted by Gasteiger charge is 2.15. The average Bonchev–Trinajstić information content (AvgIpc) is 2.96. The molecular formula is C16H25N5. The molecule has 0 aliphatic heterocycles. The van der Waals surface area contributed by atoms with Crippen molar-refractivity contribution in [2.24, 2.45) is 0 Å². The van der Waals surface area contributed by atoms with Crippen molar-refractivity contribution in [1.82, 2.24) is 19.5 Å². The minimum Gasteiger partial charge on any atom is -0.370 e. The molecular weight excluding hydrogens is 262 g/mol. The summed E-state index contributed by atoms with van der Waals surface area (Å²) in [7, 11) is 0. The summed E-state index contributed by atoms with van der Waals surface area (Å²) >= 11 is 0. The van der Waals surface area contributed by atoms with Crippen LogP contribution in [0.15, 0.2) is 12.5 Å². The minimum absolute atomic E-state index is 0.338. The van der Waals surface area contributed by atoms with E-state index in [4.69, 9.17) is 9.97 Å². The average molecular weight is 287 g/mol. The van der Waals surface area contributed by atoms with Gasteiger partial charge in [0.1, 0.15) is 11.5 Å². The van der Waals surface area contributed by atoms with E-state index in [9.17, 15) is 0 Å². The fourth-order valence-electron chi connectivity index (χ4n) is 2.33. The van der Waals surface area contributed by atoms with Gasteiger partial charge in [-0.05, 0) is 33.6 Å². The van der Waals surface area contributed by atoms with Crippen molar-refractivity contribution in [2.75, 3.05) is 11.9 Å². The highest BCUT2D eigenvalue weighted by Crippen LogP contribution is 2.24. The molecule has 2 aromatic rings. The zero-order chi connectivity index (χ0) is 15.4. The van der Waals surface area contributed by atoms with Crippen LogP contribution in [-0.4, -0.2) is 26.1 Å². The third-order valence-corrected chi connectivity index (χ3v) is 3.58. The molecule has 0 amide bonds. The van der Waals surface area contributed by atoms with Crippen molar-refractivity contribution in [3.05, 3.63) is 23.8 Å². The molecule has 0 spiro atoms. The fourth-order valence-corrected chi connectivity index (χ4v) is 2.33. The Labute approximate surface area is 126 Å². The topological polar surface area (TPSA) is 55.6 Å². The van der Waals surface area contributed by atoms with E-state index in [1.54, 1.807) is 0 Å². The molecule has 0 aliphatic carbocycles. The van der Waals surface area contributed by atoms with Crippen molar-refractivity contribution >= 4 is 5.82 Å². The number of hydrogen-bond acceptors (Lipinski definition) is 4. The van der Waals surface area contributed by atoms with Gasteiger partial charge in [-0.15, -0.1) is 0 Å². The highest BCUT2D eigenvalue weighted by atomic mass is 15.1. The third-order valence-electron chi connectivity index (χ3n) is 3.58. The number of nitrogens with one attached hydrogen (secondary N) is 1. The maximum absolute atomic E-state index is 4.73. The van der Waals surface area contributed by atoms with E-state index in [0.29, 0.717) is 6.04 Å². The second-order valence-electron chi connectivity index (χ2n) is 5.53. The monoisotopic (exact) mass is 287 g/mol. The Kier molecular flexibility index (Phi) is 4.94. The maximum Gasteiger partial charge on any atom is 0.180 e. The molecule has 2 rings (SSSR count). The van der Waals surface area contributed by atoms with E-state index in [0.717, 1.165) is 48.0 Å². The summed E-state index contributed by atoms with van der Waals surface area (Å²) in [6.45, 7) is 11.6. The first-order valence-electron chi connectivity index (χ1n) is 7.72. The smallest absolute Gasteiger partial charge is 0.180 e. The molecule has 21 heavy (non-hydrogen) atoms. The van der Waals surface area contributed by atoms with E-state index in [1.165, 1.54) is 0 Å². The first-order chi connectivity index (χ1) is 10.1. The standard InChI is InChI=1S/C16H25N5/c1-6-8-18-15-12(5)13(7-2)19-16(20-15)14-9-17-10-21(14)11(3)4/h9-11H,6-8H2,1-5H3,(H,18,19,20). The molecule has 0 fully saturated rings. The fraction of sp³-hybridized carbons (Fsp3) is 0.562. The molecule has 0 saturated heterocycles. The van der Waals surface area contributed by atoms with Gasteiger partial charge in [-0.2, -0.15) is 0 Å². The van der Waals surface area contributed by atoms with Crippen molar-refractivity contribution in [1.29, 1.82) is 0 Å². The molecule has 0 aliphatic rings. The molecule has 114 valence electrons. The lowest BCUT2D eigenvalue weighted by atomic mass is 10.2. The summed E-state index contributed by atoms with van der Waals surface area (Å²) in [5, 5.41) is 3.41. The Balaban J connectivity index is 2.50. The van der Waals surface area contributed by atoms with E-state index in [1.807, 2.05) is 12.5 Å². The zero-order valence-electron chi connectivity index (χ0n) is 13.6. The summed E-state index contributed by atoms with van der Waals surface area (Å²) < 4.78 is 2.10. The second kappa shape index (κ2) is 6.70. The largest absolute Gasteiger partial charge is 0.370 e. The molecule has 1 N–H and O–H groups in total. The van der Waals surface area contributed by atoms with Crippen LogP contribution in [0.5, 0.6) is 0 Å². The lowest BCUT2D eigenvalue weighted by Gasteiger charge is -2.15. The number of aromatic nitrogens is 4. The van der Waals surface area contributed by atoms with Crippen LogP contribution in [0.4, 0.5) is 5.82 Å². The molecule has 2 aromatic heterocycles.